The minimum Gasteiger partial charge on any atom is -0.330 e. The van der Waals surface area contributed by atoms with Crippen molar-refractivity contribution < 1.29 is 13.2 Å². The predicted molar refractivity (Wildman–Crippen MR) is 129 cm³/mol. The summed E-state index contributed by atoms with van der Waals surface area (Å²) in [6.45, 7) is 4.58. The lowest BCUT2D eigenvalue weighted by Crippen LogP contribution is -2.40. The number of fused-ring (bicyclic) bond motifs is 1. The van der Waals surface area contributed by atoms with Gasteiger partial charge in [-0.05, 0) is 35.6 Å². The highest BCUT2D eigenvalue weighted by atomic mass is 35.5. The summed E-state index contributed by atoms with van der Waals surface area (Å²) >= 11 is 14.2. The smallest absolute Gasteiger partial charge is 0.266 e. The highest BCUT2D eigenvalue weighted by Crippen LogP contribution is 2.40. The van der Waals surface area contributed by atoms with Crippen molar-refractivity contribution in [1.82, 2.24) is 4.90 Å². The Hall–Kier alpha value is -1.60. The van der Waals surface area contributed by atoms with E-state index >= 15 is 0 Å². The van der Waals surface area contributed by atoms with Crippen LogP contribution in [0.15, 0.2) is 42.5 Å². The quantitative estimate of drug-likeness (QED) is 0.425. The highest BCUT2D eigenvalue weighted by molar-refractivity contribution is 7.91. The Labute approximate surface area is 196 Å². The molecule has 1 aromatic heterocycles. The minimum absolute atomic E-state index is 0.0217. The number of sulfone groups is 1. The van der Waals surface area contributed by atoms with Gasteiger partial charge in [0.05, 0.1) is 21.6 Å². The van der Waals surface area contributed by atoms with Crippen LogP contribution in [-0.4, -0.2) is 36.8 Å². The standard InChI is InChI=1S/C23H23Cl2NO3S2/c1-14(2)16-8-6-15(7-9-16)12-26(17-10-11-31(28,29)13-17)23(27)22-21(25)20-18(24)4-3-5-19(20)30-22/h3-9,14,17H,10-13H2,1-2H3/t17-/m0/s1. The molecule has 2 aromatic carbocycles. The van der Waals surface area contributed by atoms with Crippen LogP contribution in [0.3, 0.4) is 0 Å². The summed E-state index contributed by atoms with van der Waals surface area (Å²) in [5.41, 5.74) is 2.17. The number of nitrogens with zero attached hydrogens (tertiary/aromatic N) is 1. The summed E-state index contributed by atoms with van der Waals surface area (Å²) in [6.07, 6.45) is 0.432. The average molecular weight is 496 g/mol. The maximum absolute atomic E-state index is 13.6. The zero-order chi connectivity index (χ0) is 22.3. The number of benzene rings is 2. The summed E-state index contributed by atoms with van der Waals surface area (Å²) in [6, 6.07) is 13.2. The third kappa shape index (κ3) is 4.63. The van der Waals surface area contributed by atoms with Gasteiger partial charge in [-0.25, -0.2) is 8.42 Å². The lowest BCUT2D eigenvalue weighted by Gasteiger charge is -2.28. The Morgan fingerprint density at radius 2 is 1.87 bits per heavy atom. The molecule has 1 atom stereocenters. The molecule has 1 amide bonds. The Balaban J connectivity index is 1.71. The molecular weight excluding hydrogens is 473 g/mol. The van der Waals surface area contributed by atoms with E-state index in [9.17, 15) is 13.2 Å². The van der Waals surface area contributed by atoms with Gasteiger partial charge >= 0.3 is 0 Å². The number of hydrogen-bond acceptors (Lipinski definition) is 4. The number of halogens is 2. The maximum Gasteiger partial charge on any atom is 0.266 e. The van der Waals surface area contributed by atoms with E-state index in [-0.39, 0.29) is 23.5 Å². The molecule has 4 rings (SSSR count). The molecule has 0 radical (unpaired) electrons. The molecule has 0 spiro atoms. The molecule has 1 saturated heterocycles. The molecule has 31 heavy (non-hydrogen) atoms. The van der Waals surface area contributed by atoms with E-state index in [0.717, 1.165) is 10.3 Å². The van der Waals surface area contributed by atoms with Gasteiger partial charge in [0.15, 0.2) is 9.84 Å². The van der Waals surface area contributed by atoms with Crippen LogP contribution in [0, 0.1) is 0 Å². The fraction of sp³-hybridized carbons (Fsp3) is 0.348. The largest absolute Gasteiger partial charge is 0.330 e. The number of thiophene rings is 1. The summed E-state index contributed by atoms with van der Waals surface area (Å²) in [7, 11) is -3.15. The Bertz CT molecular complexity index is 1230. The summed E-state index contributed by atoms with van der Waals surface area (Å²) in [4.78, 5) is 15.7. The monoisotopic (exact) mass is 495 g/mol. The summed E-state index contributed by atoms with van der Waals surface area (Å²) in [5, 5.41) is 1.49. The molecule has 3 aromatic rings. The number of amides is 1. The van der Waals surface area contributed by atoms with E-state index < -0.39 is 9.84 Å². The normalized spacial score (nSPS) is 18.0. The number of carbonyl (C=O) groups excluding carboxylic acids is 1. The molecule has 1 aliphatic heterocycles. The van der Waals surface area contributed by atoms with Crippen molar-refractivity contribution in [3.05, 3.63) is 68.5 Å². The first-order chi connectivity index (χ1) is 14.7. The zero-order valence-electron chi connectivity index (χ0n) is 17.3. The van der Waals surface area contributed by atoms with E-state index in [0.29, 0.717) is 39.2 Å². The third-order valence-corrected chi connectivity index (χ3v) is 9.41. The van der Waals surface area contributed by atoms with E-state index in [1.807, 2.05) is 24.3 Å². The van der Waals surface area contributed by atoms with Crippen molar-refractivity contribution in [2.75, 3.05) is 11.5 Å². The molecule has 1 fully saturated rings. The van der Waals surface area contributed by atoms with Gasteiger partial charge in [0, 0.05) is 22.7 Å². The van der Waals surface area contributed by atoms with E-state index in [1.54, 1.807) is 11.0 Å². The van der Waals surface area contributed by atoms with E-state index in [1.165, 1.54) is 16.9 Å². The predicted octanol–water partition coefficient (Wildman–Crippen LogP) is 6.16. The van der Waals surface area contributed by atoms with Gasteiger partial charge in [-0.3, -0.25) is 4.79 Å². The molecule has 4 nitrogen and oxygen atoms in total. The van der Waals surface area contributed by atoms with Gasteiger partial charge in [0.25, 0.3) is 5.91 Å². The topological polar surface area (TPSA) is 54.5 Å². The van der Waals surface area contributed by atoms with Crippen molar-refractivity contribution in [3.63, 3.8) is 0 Å². The molecule has 0 aliphatic carbocycles. The van der Waals surface area contributed by atoms with Crippen molar-refractivity contribution in [1.29, 1.82) is 0 Å². The fourth-order valence-electron chi connectivity index (χ4n) is 3.93. The second-order valence-corrected chi connectivity index (χ2v) is 12.3. The minimum atomic E-state index is -3.15. The van der Waals surface area contributed by atoms with E-state index in [4.69, 9.17) is 23.2 Å². The second kappa shape index (κ2) is 8.74. The molecule has 0 bridgehead atoms. The Morgan fingerprint density at radius 3 is 2.45 bits per heavy atom. The first-order valence-corrected chi connectivity index (χ1v) is 13.5. The van der Waals surface area contributed by atoms with Gasteiger partial charge in [0.1, 0.15) is 4.88 Å². The van der Waals surface area contributed by atoms with Crippen LogP contribution in [0.1, 0.15) is 47.0 Å². The first kappa shape index (κ1) is 22.6. The number of rotatable bonds is 5. The molecule has 0 saturated carbocycles. The number of carbonyl (C=O) groups is 1. The first-order valence-electron chi connectivity index (χ1n) is 10.1. The van der Waals surface area contributed by atoms with Crippen molar-refractivity contribution in [2.45, 2.75) is 38.8 Å². The van der Waals surface area contributed by atoms with Crippen molar-refractivity contribution in [3.8, 4) is 0 Å². The molecule has 8 heteroatoms. The maximum atomic E-state index is 13.6. The van der Waals surface area contributed by atoms with Crippen LogP contribution in [0.5, 0.6) is 0 Å². The summed E-state index contributed by atoms with van der Waals surface area (Å²) in [5.74, 6) is 0.234. The second-order valence-electron chi connectivity index (χ2n) is 8.24. The average Bonchev–Trinajstić information content (AvgIpc) is 3.26. The molecule has 0 N–H and O–H groups in total. The molecule has 0 unspecified atom stereocenters. The number of hydrogen-bond donors (Lipinski definition) is 0. The lowest BCUT2D eigenvalue weighted by molar-refractivity contribution is 0.0686. The van der Waals surface area contributed by atoms with Gasteiger partial charge in [0.2, 0.25) is 0 Å². The van der Waals surface area contributed by atoms with Gasteiger partial charge < -0.3 is 4.90 Å². The fourth-order valence-corrected chi connectivity index (χ4v) is 7.57. The summed E-state index contributed by atoms with van der Waals surface area (Å²) < 4.78 is 25.1. The third-order valence-electron chi connectivity index (χ3n) is 5.71. The van der Waals surface area contributed by atoms with Crippen molar-refractivity contribution in [2.24, 2.45) is 0 Å². The van der Waals surface area contributed by atoms with Gasteiger partial charge in [-0.1, -0.05) is 67.4 Å². The lowest BCUT2D eigenvalue weighted by atomic mass is 10.0. The molecule has 1 aliphatic rings. The van der Waals surface area contributed by atoms with Gasteiger partial charge in [-0.2, -0.15) is 0 Å². The van der Waals surface area contributed by atoms with Crippen LogP contribution in [0.4, 0.5) is 0 Å². The molecule has 164 valence electrons. The van der Waals surface area contributed by atoms with Crippen LogP contribution in [0.25, 0.3) is 10.1 Å². The Morgan fingerprint density at radius 1 is 1.16 bits per heavy atom. The van der Waals surface area contributed by atoms with Crippen LogP contribution < -0.4 is 0 Å². The zero-order valence-corrected chi connectivity index (χ0v) is 20.4. The SMILES string of the molecule is CC(C)c1ccc(CN(C(=O)c2sc3cccc(Cl)c3c2Cl)[C@H]2CCS(=O)(=O)C2)cc1. The molecular formula is C23H23Cl2NO3S2. The van der Waals surface area contributed by atoms with E-state index in [2.05, 4.69) is 26.0 Å². The molecule has 2 heterocycles. The Kier molecular flexibility index (Phi) is 6.37. The van der Waals surface area contributed by atoms with Crippen LogP contribution in [0.2, 0.25) is 10.0 Å². The highest BCUT2D eigenvalue weighted by Gasteiger charge is 2.36. The van der Waals surface area contributed by atoms with Crippen LogP contribution >= 0.6 is 34.5 Å². The van der Waals surface area contributed by atoms with Crippen LogP contribution in [-0.2, 0) is 16.4 Å². The van der Waals surface area contributed by atoms with Crippen molar-refractivity contribution >= 4 is 60.4 Å². The van der Waals surface area contributed by atoms with Gasteiger partial charge in [-0.15, -0.1) is 11.3 Å².